The maximum atomic E-state index is 11.1. The zero-order chi connectivity index (χ0) is 10.8. The van der Waals surface area contributed by atoms with E-state index in [4.69, 9.17) is 11.6 Å². The molecule has 0 amide bonds. The fourth-order valence-electron chi connectivity index (χ4n) is 1.15. The Kier molecular flexibility index (Phi) is 2.88. The third kappa shape index (κ3) is 2.27. The van der Waals surface area contributed by atoms with Crippen molar-refractivity contribution in [3.05, 3.63) is 50.2 Å². The van der Waals surface area contributed by atoms with Crippen molar-refractivity contribution in [1.29, 1.82) is 0 Å². The van der Waals surface area contributed by atoms with E-state index < -0.39 is 0 Å². The molecule has 0 saturated carbocycles. The summed E-state index contributed by atoms with van der Waals surface area (Å²) in [6, 6.07) is 8.90. The molecule has 1 aromatic carbocycles. The van der Waals surface area contributed by atoms with Gasteiger partial charge in [0.25, 0.3) is 5.56 Å². The lowest BCUT2D eigenvalue weighted by atomic mass is 10.1. The largest absolute Gasteiger partial charge is 0.278 e. The fourth-order valence-corrected chi connectivity index (χ4v) is 1.58. The van der Waals surface area contributed by atoms with Crippen molar-refractivity contribution in [2.75, 3.05) is 0 Å². The number of rotatable bonds is 1. The minimum absolute atomic E-state index is 0.243. The Morgan fingerprint density at radius 3 is 2.53 bits per heavy atom. The quantitative estimate of drug-likeness (QED) is 0.876. The molecule has 2 aromatic rings. The average Bonchev–Trinajstić information content (AvgIpc) is 2.23. The molecule has 3 nitrogen and oxygen atoms in total. The van der Waals surface area contributed by atoms with Crippen molar-refractivity contribution in [2.45, 2.75) is 0 Å². The van der Waals surface area contributed by atoms with Gasteiger partial charge in [-0.05, 0) is 34.1 Å². The van der Waals surface area contributed by atoms with E-state index >= 15 is 0 Å². The normalized spacial score (nSPS) is 10.3. The molecule has 0 fully saturated rings. The second kappa shape index (κ2) is 4.16. The van der Waals surface area contributed by atoms with Crippen LogP contribution in [0.25, 0.3) is 11.3 Å². The number of hydrogen-bond donors (Lipinski definition) is 1. The van der Waals surface area contributed by atoms with Gasteiger partial charge in [-0.15, -0.1) is 0 Å². The van der Waals surface area contributed by atoms with E-state index in [1.54, 1.807) is 18.2 Å². The lowest BCUT2D eigenvalue weighted by Crippen LogP contribution is -2.08. The number of H-pyrrole nitrogens is 1. The van der Waals surface area contributed by atoms with Crippen molar-refractivity contribution >= 4 is 27.5 Å². The minimum atomic E-state index is -0.243. The zero-order valence-electron chi connectivity index (χ0n) is 7.50. The summed E-state index contributed by atoms with van der Waals surface area (Å²) in [7, 11) is 0. The predicted molar refractivity (Wildman–Crippen MR) is 63.0 cm³/mol. The van der Waals surface area contributed by atoms with Crippen LogP contribution in [0.15, 0.2) is 39.6 Å². The van der Waals surface area contributed by atoms with Gasteiger partial charge in [0.05, 0.1) is 10.2 Å². The van der Waals surface area contributed by atoms with Gasteiger partial charge in [0, 0.05) is 10.6 Å². The first-order chi connectivity index (χ1) is 7.16. The lowest BCUT2D eigenvalue weighted by Gasteiger charge is -2.00. The van der Waals surface area contributed by atoms with Crippen LogP contribution in [0.5, 0.6) is 0 Å². The van der Waals surface area contributed by atoms with E-state index in [9.17, 15) is 4.79 Å². The second-order valence-corrected chi connectivity index (χ2v) is 4.23. The monoisotopic (exact) mass is 284 g/mol. The first kappa shape index (κ1) is 10.4. The van der Waals surface area contributed by atoms with Gasteiger partial charge in [-0.1, -0.05) is 23.7 Å². The third-order valence-electron chi connectivity index (χ3n) is 1.90. The number of aromatic nitrogens is 2. The van der Waals surface area contributed by atoms with E-state index in [1.807, 2.05) is 12.1 Å². The van der Waals surface area contributed by atoms with Crippen LogP contribution in [-0.2, 0) is 0 Å². The number of halogens is 2. The molecule has 0 atom stereocenters. The van der Waals surface area contributed by atoms with Crippen molar-refractivity contribution in [3.63, 3.8) is 0 Å². The van der Waals surface area contributed by atoms with Gasteiger partial charge in [0.2, 0.25) is 0 Å². The standard InChI is InChI=1S/C10H6BrClN2O/c11-8-5-9(13-14-10(8)15)6-1-3-7(12)4-2-6/h1-5H,(H,14,15). The second-order valence-electron chi connectivity index (χ2n) is 2.94. The zero-order valence-corrected chi connectivity index (χ0v) is 9.84. The first-order valence-electron chi connectivity index (χ1n) is 4.18. The highest BCUT2D eigenvalue weighted by Gasteiger charge is 2.02. The Bertz CT molecular complexity index is 536. The number of nitrogens with one attached hydrogen (secondary N) is 1. The topological polar surface area (TPSA) is 45.8 Å². The highest BCUT2D eigenvalue weighted by molar-refractivity contribution is 9.10. The van der Waals surface area contributed by atoms with Gasteiger partial charge in [-0.2, -0.15) is 5.10 Å². The smallest absolute Gasteiger partial charge is 0.267 e. The molecule has 0 saturated heterocycles. The molecular weight excluding hydrogens is 279 g/mol. The van der Waals surface area contributed by atoms with Gasteiger partial charge in [-0.25, -0.2) is 5.10 Å². The van der Waals surface area contributed by atoms with E-state index in [-0.39, 0.29) is 5.56 Å². The van der Waals surface area contributed by atoms with Crippen LogP contribution in [0.2, 0.25) is 5.02 Å². The number of nitrogens with zero attached hydrogens (tertiary/aromatic N) is 1. The average molecular weight is 286 g/mol. The molecule has 76 valence electrons. The third-order valence-corrected chi connectivity index (χ3v) is 2.74. The Balaban J connectivity index is 2.50. The lowest BCUT2D eigenvalue weighted by molar-refractivity contribution is 0.985. The van der Waals surface area contributed by atoms with Crippen molar-refractivity contribution in [3.8, 4) is 11.3 Å². The summed E-state index contributed by atoms with van der Waals surface area (Å²) in [5, 5.41) is 6.99. The van der Waals surface area contributed by atoms with Crippen LogP contribution in [0, 0.1) is 0 Å². The maximum absolute atomic E-state index is 11.1. The Morgan fingerprint density at radius 2 is 1.93 bits per heavy atom. The van der Waals surface area contributed by atoms with Crippen LogP contribution in [0.3, 0.4) is 0 Å². The van der Waals surface area contributed by atoms with Gasteiger partial charge < -0.3 is 0 Å². The summed E-state index contributed by atoms with van der Waals surface area (Å²) in [5.74, 6) is 0. The molecule has 1 N–H and O–H groups in total. The number of benzene rings is 1. The maximum Gasteiger partial charge on any atom is 0.278 e. The Labute approximate surface area is 99.2 Å². The predicted octanol–water partition coefficient (Wildman–Crippen LogP) is 2.85. The molecular formula is C10H6BrClN2O. The summed E-state index contributed by atoms with van der Waals surface area (Å²) in [6.45, 7) is 0. The van der Waals surface area contributed by atoms with Crippen LogP contribution in [-0.4, -0.2) is 10.2 Å². The summed E-state index contributed by atoms with van der Waals surface area (Å²) in [5.41, 5.74) is 1.35. The summed E-state index contributed by atoms with van der Waals surface area (Å²) in [6.07, 6.45) is 0. The summed E-state index contributed by atoms with van der Waals surface area (Å²) >= 11 is 8.92. The molecule has 1 heterocycles. The molecule has 0 aliphatic carbocycles. The van der Waals surface area contributed by atoms with Crippen molar-refractivity contribution in [1.82, 2.24) is 10.2 Å². The van der Waals surface area contributed by atoms with Gasteiger partial charge in [-0.3, -0.25) is 4.79 Å². The highest BCUT2D eigenvalue weighted by atomic mass is 79.9. The van der Waals surface area contributed by atoms with Gasteiger partial charge in [0.1, 0.15) is 0 Å². The Morgan fingerprint density at radius 1 is 1.27 bits per heavy atom. The van der Waals surface area contributed by atoms with Gasteiger partial charge >= 0.3 is 0 Å². The molecule has 5 heteroatoms. The van der Waals surface area contributed by atoms with Crippen molar-refractivity contribution < 1.29 is 0 Å². The van der Waals surface area contributed by atoms with E-state index in [0.717, 1.165) is 5.56 Å². The summed E-state index contributed by atoms with van der Waals surface area (Å²) in [4.78, 5) is 11.1. The first-order valence-corrected chi connectivity index (χ1v) is 5.35. The van der Waals surface area contributed by atoms with E-state index in [0.29, 0.717) is 15.2 Å². The molecule has 2 rings (SSSR count). The van der Waals surface area contributed by atoms with Crippen LogP contribution in [0.1, 0.15) is 0 Å². The van der Waals surface area contributed by atoms with Crippen LogP contribution >= 0.6 is 27.5 Å². The molecule has 0 unspecified atom stereocenters. The van der Waals surface area contributed by atoms with Crippen LogP contribution < -0.4 is 5.56 Å². The molecule has 0 spiro atoms. The van der Waals surface area contributed by atoms with E-state index in [1.165, 1.54) is 0 Å². The minimum Gasteiger partial charge on any atom is -0.267 e. The molecule has 1 aromatic heterocycles. The van der Waals surface area contributed by atoms with E-state index in [2.05, 4.69) is 26.1 Å². The molecule has 0 aliphatic heterocycles. The van der Waals surface area contributed by atoms with Gasteiger partial charge in [0.15, 0.2) is 0 Å². The summed E-state index contributed by atoms with van der Waals surface area (Å²) < 4.78 is 0.461. The van der Waals surface area contributed by atoms with Crippen LogP contribution in [0.4, 0.5) is 0 Å². The molecule has 15 heavy (non-hydrogen) atoms. The molecule has 0 bridgehead atoms. The van der Waals surface area contributed by atoms with Crippen molar-refractivity contribution in [2.24, 2.45) is 0 Å². The molecule has 0 radical (unpaired) electrons. The number of aromatic amines is 1. The Hall–Kier alpha value is -1.13. The number of hydrogen-bond acceptors (Lipinski definition) is 2. The SMILES string of the molecule is O=c1[nH]nc(-c2ccc(Cl)cc2)cc1Br. The molecule has 0 aliphatic rings. The highest BCUT2D eigenvalue weighted by Crippen LogP contribution is 2.19. The fraction of sp³-hybridized carbons (Fsp3) is 0.